The van der Waals surface area contributed by atoms with E-state index in [0.29, 0.717) is 30.8 Å². The molecule has 0 saturated carbocycles. The highest BCUT2D eigenvalue weighted by Crippen LogP contribution is 2.13. The van der Waals surface area contributed by atoms with Crippen LogP contribution in [0.25, 0.3) is 0 Å². The molecular weight excluding hydrogens is 308 g/mol. The Balaban J connectivity index is 2.64. The van der Waals surface area contributed by atoms with Gasteiger partial charge < -0.3 is 15.0 Å². The average molecular weight is 332 g/mol. The summed E-state index contributed by atoms with van der Waals surface area (Å²) in [6.07, 6.45) is 3.66. The molecular formula is C18H24N2O4. The molecule has 6 nitrogen and oxygen atoms in total. The lowest BCUT2D eigenvalue weighted by Gasteiger charge is -2.19. The number of rotatable bonds is 8. The van der Waals surface area contributed by atoms with E-state index in [1.807, 2.05) is 20.8 Å². The maximum absolute atomic E-state index is 12.3. The summed E-state index contributed by atoms with van der Waals surface area (Å²) in [5, 5.41) is 2.61. The van der Waals surface area contributed by atoms with Gasteiger partial charge in [-0.3, -0.25) is 9.59 Å². The smallest absolute Gasteiger partial charge is 0.330 e. The first-order chi connectivity index (χ1) is 11.5. The van der Waals surface area contributed by atoms with E-state index in [9.17, 15) is 14.4 Å². The fourth-order valence-corrected chi connectivity index (χ4v) is 2.02. The average Bonchev–Trinajstić information content (AvgIpc) is 2.59. The number of hydrogen-bond donors (Lipinski definition) is 1. The molecule has 2 amide bonds. The number of carbonyl (C=O) groups is 3. The van der Waals surface area contributed by atoms with Gasteiger partial charge in [-0.1, -0.05) is 19.1 Å². The molecule has 0 bridgehead atoms. The van der Waals surface area contributed by atoms with E-state index < -0.39 is 11.9 Å². The second kappa shape index (κ2) is 10.2. The normalized spacial score (nSPS) is 10.5. The molecule has 0 radical (unpaired) electrons. The summed E-state index contributed by atoms with van der Waals surface area (Å²) in [5.41, 5.74) is 0.984. The van der Waals surface area contributed by atoms with Gasteiger partial charge >= 0.3 is 5.97 Å². The van der Waals surface area contributed by atoms with E-state index >= 15 is 0 Å². The topological polar surface area (TPSA) is 75.7 Å². The van der Waals surface area contributed by atoms with Gasteiger partial charge in [0.1, 0.15) is 0 Å². The fourth-order valence-electron chi connectivity index (χ4n) is 2.02. The number of nitrogens with one attached hydrogen (secondary N) is 1. The lowest BCUT2D eigenvalue weighted by molar-refractivity contribution is -0.142. The number of amides is 2. The molecule has 0 saturated heterocycles. The zero-order chi connectivity index (χ0) is 17.9. The van der Waals surface area contributed by atoms with Crippen molar-refractivity contribution in [2.45, 2.75) is 27.2 Å². The highest BCUT2D eigenvalue weighted by atomic mass is 16.5. The van der Waals surface area contributed by atoms with Gasteiger partial charge in [0.15, 0.2) is 6.61 Å². The Bertz CT molecular complexity index is 607. The van der Waals surface area contributed by atoms with Crippen LogP contribution in [0.4, 0.5) is 5.69 Å². The molecule has 6 heteroatoms. The standard InChI is InChI=1S/C18H24N2O4/c1-4-7-11-17(22)24-13-16(21)19-15-10-8-9-14(12-15)18(23)20(5-2)6-3/h7-12H,4-6,13H2,1-3H3,(H,19,21)/b11-7+. The minimum absolute atomic E-state index is 0.0905. The number of nitrogens with zero attached hydrogens (tertiary/aromatic N) is 1. The van der Waals surface area contributed by atoms with E-state index in [0.717, 1.165) is 0 Å². The number of ether oxygens (including phenoxy) is 1. The summed E-state index contributed by atoms with van der Waals surface area (Å²) in [6.45, 7) is 6.58. The predicted molar refractivity (Wildman–Crippen MR) is 92.7 cm³/mol. The first kappa shape index (κ1) is 19.4. The van der Waals surface area contributed by atoms with Crippen molar-refractivity contribution in [3.63, 3.8) is 0 Å². The molecule has 1 aromatic rings. The second-order valence-corrected chi connectivity index (χ2v) is 5.02. The molecule has 1 aromatic carbocycles. The van der Waals surface area contributed by atoms with Crippen LogP contribution in [-0.2, 0) is 14.3 Å². The maximum atomic E-state index is 12.3. The Hall–Kier alpha value is -2.63. The quantitative estimate of drug-likeness (QED) is 0.586. The van der Waals surface area contributed by atoms with Crippen LogP contribution in [0.3, 0.4) is 0 Å². The van der Waals surface area contributed by atoms with Gasteiger partial charge in [0.2, 0.25) is 0 Å². The summed E-state index contributed by atoms with van der Waals surface area (Å²) in [5.74, 6) is -1.11. The van der Waals surface area contributed by atoms with E-state index in [1.54, 1.807) is 35.2 Å². The van der Waals surface area contributed by atoms with E-state index in [-0.39, 0.29) is 12.5 Å². The maximum Gasteiger partial charge on any atom is 0.330 e. The molecule has 0 fully saturated rings. The summed E-state index contributed by atoms with van der Waals surface area (Å²) < 4.78 is 4.82. The number of anilines is 1. The molecule has 0 aromatic heterocycles. The highest BCUT2D eigenvalue weighted by molar-refractivity contribution is 5.98. The molecule has 0 spiro atoms. The Morgan fingerprint density at radius 2 is 1.88 bits per heavy atom. The number of carbonyl (C=O) groups excluding carboxylic acids is 3. The van der Waals surface area contributed by atoms with Crippen LogP contribution < -0.4 is 5.32 Å². The summed E-state index contributed by atoms with van der Waals surface area (Å²) >= 11 is 0. The molecule has 1 N–H and O–H groups in total. The van der Waals surface area contributed by atoms with Crippen LogP contribution in [-0.4, -0.2) is 42.4 Å². The molecule has 0 aliphatic rings. The summed E-state index contributed by atoms with van der Waals surface area (Å²) in [4.78, 5) is 37.1. The van der Waals surface area contributed by atoms with Crippen LogP contribution in [0.5, 0.6) is 0 Å². The van der Waals surface area contributed by atoms with E-state index in [1.165, 1.54) is 6.08 Å². The number of hydrogen-bond acceptors (Lipinski definition) is 4. The summed E-state index contributed by atoms with van der Waals surface area (Å²) in [7, 11) is 0. The van der Waals surface area contributed by atoms with Crippen molar-refractivity contribution in [2.24, 2.45) is 0 Å². The third kappa shape index (κ3) is 6.24. The molecule has 130 valence electrons. The van der Waals surface area contributed by atoms with Gasteiger partial charge in [0.25, 0.3) is 11.8 Å². The van der Waals surface area contributed by atoms with E-state index in [4.69, 9.17) is 4.74 Å². The molecule has 0 atom stereocenters. The van der Waals surface area contributed by atoms with Gasteiger partial charge in [-0.2, -0.15) is 0 Å². The van der Waals surface area contributed by atoms with Gasteiger partial charge in [-0.15, -0.1) is 0 Å². The second-order valence-electron chi connectivity index (χ2n) is 5.02. The molecule has 24 heavy (non-hydrogen) atoms. The van der Waals surface area contributed by atoms with Crippen molar-refractivity contribution >= 4 is 23.5 Å². The Morgan fingerprint density at radius 1 is 1.17 bits per heavy atom. The SMILES string of the molecule is CC/C=C/C(=O)OCC(=O)Nc1cccc(C(=O)N(CC)CC)c1. The zero-order valence-electron chi connectivity index (χ0n) is 14.4. The van der Waals surface area contributed by atoms with Crippen molar-refractivity contribution in [3.05, 3.63) is 42.0 Å². The third-order valence-corrected chi connectivity index (χ3v) is 3.28. The molecule has 0 heterocycles. The van der Waals surface area contributed by atoms with Gasteiger partial charge in [0, 0.05) is 30.4 Å². The van der Waals surface area contributed by atoms with Crippen LogP contribution in [0.1, 0.15) is 37.6 Å². The monoisotopic (exact) mass is 332 g/mol. The number of allylic oxidation sites excluding steroid dienone is 1. The number of esters is 1. The Kier molecular flexibility index (Phi) is 8.25. The molecule has 0 unspecified atom stereocenters. The lowest BCUT2D eigenvalue weighted by Crippen LogP contribution is -2.30. The Labute approximate surface area is 142 Å². The minimum Gasteiger partial charge on any atom is -0.452 e. The van der Waals surface area contributed by atoms with Crippen LogP contribution in [0.15, 0.2) is 36.4 Å². The van der Waals surface area contributed by atoms with Crippen LogP contribution in [0.2, 0.25) is 0 Å². The van der Waals surface area contributed by atoms with Gasteiger partial charge in [-0.25, -0.2) is 4.79 Å². The molecule has 1 rings (SSSR count). The van der Waals surface area contributed by atoms with E-state index in [2.05, 4.69) is 5.32 Å². The predicted octanol–water partition coefficient (Wildman–Crippen LogP) is 2.62. The number of benzene rings is 1. The Morgan fingerprint density at radius 3 is 2.50 bits per heavy atom. The van der Waals surface area contributed by atoms with Crippen molar-refractivity contribution < 1.29 is 19.1 Å². The van der Waals surface area contributed by atoms with Crippen LogP contribution in [0, 0.1) is 0 Å². The van der Waals surface area contributed by atoms with Crippen molar-refractivity contribution in [2.75, 3.05) is 25.0 Å². The minimum atomic E-state index is -0.558. The first-order valence-electron chi connectivity index (χ1n) is 8.04. The van der Waals surface area contributed by atoms with Crippen molar-refractivity contribution in [1.29, 1.82) is 0 Å². The largest absolute Gasteiger partial charge is 0.452 e. The highest BCUT2D eigenvalue weighted by Gasteiger charge is 2.13. The molecule has 0 aliphatic heterocycles. The van der Waals surface area contributed by atoms with Crippen molar-refractivity contribution in [3.8, 4) is 0 Å². The van der Waals surface area contributed by atoms with Crippen LogP contribution >= 0.6 is 0 Å². The molecule has 0 aliphatic carbocycles. The van der Waals surface area contributed by atoms with Gasteiger partial charge in [0.05, 0.1) is 0 Å². The fraction of sp³-hybridized carbons (Fsp3) is 0.389. The first-order valence-corrected chi connectivity index (χ1v) is 8.04. The lowest BCUT2D eigenvalue weighted by atomic mass is 10.1. The van der Waals surface area contributed by atoms with Gasteiger partial charge in [-0.05, 0) is 38.5 Å². The summed E-state index contributed by atoms with van der Waals surface area (Å²) in [6, 6.07) is 6.68. The zero-order valence-corrected chi connectivity index (χ0v) is 14.4. The third-order valence-electron chi connectivity index (χ3n) is 3.28. The van der Waals surface area contributed by atoms with Crippen molar-refractivity contribution in [1.82, 2.24) is 4.90 Å².